The van der Waals surface area contributed by atoms with E-state index in [1.165, 1.54) is 7.11 Å². The van der Waals surface area contributed by atoms with E-state index in [4.69, 9.17) is 4.74 Å². The molecule has 3 heteroatoms. The second-order valence-corrected chi connectivity index (χ2v) is 1.67. The number of rotatable bonds is 1. The van der Waals surface area contributed by atoms with E-state index in [-0.39, 0.29) is 12.0 Å². The average Bonchev–Trinajstić information content (AvgIpc) is 2.14. The summed E-state index contributed by atoms with van der Waals surface area (Å²) in [4.78, 5) is 10.5. The van der Waals surface area contributed by atoms with Crippen molar-refractivity contribution >= 4 is 5.91 Å². The summed E-state index contributed by atoms with van der Waals surface area (Å²) in [7, 11) is 1.53. The molecule has 0 aromatic carbocycles. The van der Waals surface area contributed by atoms with Gasteiger partial charge in [0.25, 0.3) is 0 Å². The van der Waals surface area contributed by atoms with Crippen molar-refractivity contribution < 1.29 is 9.53 Å². The van der Waals surface area contributed by atoms with E-state index in [0.29, 0.717) is 6.42 Å². The van der Waals surface area contributed by atoms with Crippen LogP contribution in [0.2, 0.25) is 0 Å². The number of carbonyl (C=O) groups is 1. The van der Waals surface area contributed by atoms with Crippen molar-refractivity contribution in [2.45, 2.75) is 12.5 Å². The topological polar surface area (TPSA) is 38.3 Å². The van der Waals surface area contributed by atoms with Gasteiger partial charge >= 0.3 is 0 Å². The zero-order valence-corrected chi connectivity index (χ0v) is 4.68. The summed E-state index contributed by atoms with van der Waals surface area (Å²) in [5, 5.41) is 2.53. The Morgan fingerprint density at radius 2 is 2.75 bits per heavy atom. The number of ether oxygens (including phenoxy) is 1. The van der Waals surface area contributed by atoms with Gasteiger partial charge in [0.2, 0.25) is 5.91 Å². The number of methoxy groups -OCH3 is 1. The van der Waals surface area contributed by atoms with Crippen LogP contribution in [0.15, 0.2) is 0 Å². The second kappa shape index (κ2) is 2.13. The van der Waals surface area contributed by atoms with Crippen molar-refractivity contribution in [2.75, 3.05) is 7.11 Å². The fourth-order valence-corrected chi connectivity index (χ4v) is 0.670. The van der Waals surface area contributed by atoms with Crippen LogP contribution in [-0.2, 0) is 9.53 Å². The standard InChI is InChI=1S/C5H8NO2/c1-8-4-2-3-6-5(4)7/h3-4H,2H2,1H3,(H,6,7). The first-order chi connectivity index (χ1) is 3.84. The highest BCUT2D eigenvalue weighted by atomic mass is 16.5. The molecule has 0 spiro atoms. The van der Waals surface area contributed by atoms with Crippen molar-refractivity contribution in [3.8, 4) is 0 Å². The van der Waals surface area contributed by atoms with Crippen molar-refractivity contribution in [3.05, 3.63) is 6.54 Å². The Morgan fingerprint density at radius 1 is 2.00 bits per heavy atom. The van der Waals surface area contributed by atoms with Gasteiger partial charge in [0, 0.05) is 13.5 Å². The minimum atomic E-state index is -0.241. The van der Waals surface area contributed by atoms with Crippen LogP contribution in [0.3, 0.4) is 0 Å². The van der Waals surface area contributed by atoms with Crippen LogP contribution >= 0.6 is 0 Å². The van der Waals surface area contributed by atoms with Gasteiger partial charge in [-0.3, -0.25) is 4.79 Å². The van der Waals surface area contributed by atoms with Gasteiger partial charge in [-0.1, -0.05) is 0 Å². The van der Waals surface area contributed by atoms with Crippen LogP contribution in [0.25, 0.3) is 0 Å². The van der Waals surface area contributed by atoms with Gasteiger partial charge in [-0.15, -0.1) is 0 Å². The van der Waals surface area contributed by atoms with Gasteiger partial charge in [-0.2, -0.15) is 0 Å². The number of carbonyl (C=O) groups excluding carboxylic acids is 1. The Bertz CT molecular complexity index is 103. The van der Waals surface area contributed by atoms with Crippen LogP contribution in [0.5, 0.6) is 0 Å². The second-order valence-electron chi connectivity index (χ2n) is 1.67. The molecule has 0 aliphatic carbocycles. The lowest BCUT2D eigenvalue weighted by molar-refractivity contribution is -0.127. The first-order valence-electron chi connectivity index (χ1n) is 2.49. The minimum absolute atomic E-state index is 0.0347. The molecule has 1 saturated heterocycles. The maximum Gasteiger partial charge on any atom is 0.249 e. The molecule has 1 fully saturated rings. The van der Waals surface area contributed by atoms with E-state index < -0.39 is 0 Å². The van der Waals surface area contributed by atoms with E-state index in [1.54, 1.807) is 6.54 Å². The number of nitrogens with one attached hydrogen (secondary N) is 1. The largest absolute Gasteiger partial charge is 0.372 e. The van der Waals surface area contributed by atoms with Crippen molar-refractivity contribution in [2.24, 2.45) is 0 Å². The molecule has 8 heavy (non-hydrogen) atoms. The zero-order chi connectivity index (χ0) is 5.98. The summed E-state index contributed by atoms with van der Waals surface area (Å²) < 4.78 is 4.78. The predicted octanol–water partition coefficient (Wildman–Crippen LogP) is -0.317. The lowest BCUT2D eigenvalue weighted by Gasteiger charge is -1.99. The fourth-order valence-electron chi connectivity index (χ4n) is 0.670. The van der Waals surface area contributed by atoms with Gasteiger partial charge in [0.05, 0.1) is 6.54 Å². The summed E-state index contributed by atoms with van der Waals surface area (Å²) >= 11 is 0. The molecular formula is C5H8NO2. The van der Waals surface area contributed by atoms with Crippen LogP contribution in [-0.4, -0.2) is 19.1 Å². The fraction of sp³-hybridized carbons (Fsp3) is 0.600. The van der Waals surface area contributed by atoms with Crippen LogP contribution < -0.4 is 5.32 Å². The minimum Gasteiger partial charge on any atom is -0.372 e. The molecule has 0 saturated carbocycles. The van der Waals surface area contributed by atoms with E-state index >= 15 is 0 Å². The highest BCUT2D eigenvalue weighted by Crippen LogP contribution is 2.05. The Balaban J connectivity index is 2.42. The lowest BCUT2D eigenvalue weighted by Crippen LogP contribution is -2.23. The Hall–Kier alpha value is -0.570. The lowest BCUT2D eigenvalue weighted by atomic mass is 10.3. The first-order valence-corrected chi connectivity index (χ1v) is 2.49. The molecule has 1 atom stereocenters. The number of amides is 1. The summed E-state index contributed by atoms with van der Waals surface area (Å²) in [6.07, 6.45) is 0.449. The Morgan fingerprint density at radius 3 is 3.00 bits per heavy atom. The quantitative estimate of drug-likeness (QED) is 0.507. The van der Waals surface area contributed by atoms with Gasteiger partial charge < -0.3 is 10.1 Å². The molecule has 0 bridgehead atoms. The van der Waals surface area contributed by atoms with Crippen LogP contribution in [0, 0.1) is 6.54 Å². The Kier molecular flexibility index (Phi) is 1.48. The molecule has 1 unspecified atom stereocenters. The third-order valence-electron chi connectivity index (χ3n) is 1.15. The van der Waals surface area contributed by atoms with Crippen LogP contribution in [0.4, 0.5) is 0 Å². The van der Waals surface area contributed by atoms with Gasteiger partial charge in [0.15, 0.2) is 0 Å². The van der Waals surface area contributed by atoms with E-state index in [1.807, 2.05) is 0 Å². The number of hydrogen-bond acceptors (Lipinski definition) is 2. The first kappa shape index (κ1) is 5.56. The molecule has 1 aliphatic heterocycles. The third kappa shape index (κ3) is 0.816. The maximum atomic E-state index is 10.5. The van der Waals surface area contributed by atoms with Gasteiger partial charge in [0.1, 0.15) is 6.10 Å². The molecule has 1 aliphatic rings. The molecule has 3 nitrogen and oxygen atoms in total. The monoisotopic (exact) mass is 114 g/mol. The van der Waals surface area contributed by atoms with Gasteiger partial charge in [-0.25, -0.2) is 0 Å². The summed E-state index contributed by atoms with van der Waals surface area (Å²) in [6, 6.07) is 0. The van der Waals surface area contributed by atoms with Gasteiger partial charge in [-0.05, 0) is 0 Å². The summed E-state index contributed by atoms with van der Waals surface area (Å²) in [6.45, 7) is 1.70. The highest BCUT2D eigenvalue weighted by molar-refractivity contribution is 5.83. The predicted molar refractivity (Wildman–Crippen MR) is 27.9 cm³/mol. The summed E-state index contributed by atoms with van der Waals surface area (Å²) in [5.74, 6) is -0.0347. The number of hydrogen-bond donors (Lipinski definition) is 1. The van der Waals surface area contributed by atoms with Crippen molar-refractivity contribution in [1.82, 2.24) is 5.32 Å². The third-order valence-corrected chi connectivity index (χ3v) is 1.15. The normalized spacial score (nSPS) is 28.1. The van der Waals surface area contributed by atoms with Crippen LogP contribution in [0.1, 0.15) is 6.42 Å². The smallest absolute Gasteiger partial charge is 0.249 e. The molecule has 1 radical (unpaired) electrons. The van der Waals surface area contributed by atoms with E-state index in [2.05, 4.69) is 5.32 Å². The maximum absolute atomic E-state index is 10.5. The van der Waals surface area contributed by atoms with E-state index in [9.17, 15) is 4.79 Å². The molecular weight excluding hydrogens is 106 g/mol. The molecule has 1 heterocycles. The highest BCUT2D eigenvalue weighted by Gasteiger charge is 2.22. The molecule has 0 aromatic heterocycles. The zero-order valence-electron chi connectivity index (χ0n) is 4.68. The molecule has 1 rings (SSSR count). The Labute approximate surface area is 48.0 Å². The molecule has 1 amide bonds. The molecule has 1 N–H and O–H groups in total. The molecule has 45 valence electrons. The van der Waals surface area contributed by atoms with Crippen molar-refractivity contribution in [1.29, 1.82) is 0 Å². The SMILES string of the molecule is COC1C[CH]NC1=O. The molecule has 0 aromatic rings. The van der Waals surface area contributed by atoms with Crippen molar-refractivity contribution in [3.63, 3.8) is 0 Å². The average molecular weight is 114 g/mol. The van der Waals surface area contributed by atoms with E-state index in [0.717, 1.165) is 0 Å². The summed E-state index contributed by atoms with van der Waals surface area (Å²) in [5.41, 5.74) is 0.